The van der Waals surface area contributed by atoms with Crippen LogP contribution < -0.4 is 11.3 Å². The molecule has 13 heavy (non-hydrogen) atoms. The number of hydrogen-bond donors (Lipinski definition) is 2. The number of hydrazine groups is 1. The third kappa shape index (κ3) is 1.90. The first-order valence-corrected chi connectivity index (χ1v) is 4.84. The summed E-state index contributed by atoms with van der Waals surface area (Å²) in [5.74, 6) is 6.29. The molecule has 1 atom stereocenters. The quantitative estimate of drug-likeness (QED) is 0.545. The summed E-state index contributed by atoms with van der Waals surface area (Å²) >= 11 is 0. The molecule has 2 heteroatoms. The van der Waals surface area contributed by atoms with Gasteiger partial charge in [-0.15, -0.1) is 0 Å². The van der Waals surface area contributed by atoms with Crippen molar-refractivity contribution in [3.05, 3.63) is 35.4 Å². The van der Waals surface area contributed by atoms with Crippen molar-refractivity contribution < 1.29 is 0 Å². The van der Waals surface area contributed by atoms with Crippen LogP contribution in [-0.2, 0) is 0 Å². The second kappa shape index (κ2) is 3.48. The average Bonchev–Trinajstić information content (AvgIpc) is 2.93. The van der Waals surface area contributed by atoms with E-state index in [1.165, 1.54) is 24.0 Å². The first-order valence-electron chi connectivity index (χ1n) is 4.84. The summed E-state index contributed by atoms with van der Waals surface area (Å²) in [6.07, 6.45) is 2.62. The van der Waals surface area contributed by atoms with Crippen LogP contribution in [0.1, 0.15) is 30.0 Å². The fraction of sp³-hybridized carbons (Fsp3) is 0.455. The molecule has 0 radical (unpaired) electrons. The Morgan fingerprint density at radius 3 is 2.38 bits per heavy atom. The van der Waals surface area contributed by atoms with Gasteiger partial charge in [0.1, 0.15) is 0 Å². The molecule has 1 saturated carbocycles. The fourth-order valence-electron chi connectivity index (χ4n) is 1.71. The second-order valence-electron chi connectivity index (χ2n) is 3.89. The van der Waals surface area contributed by atoms with Crippen molar-refractivity contribution in [2.24, 2.45) is 11.8 Å². The molecule has 0 spiro atoms. The van der Waals surface area contributed by atoms with Crippen LogP contribution in [0.2, 0.25) is 0 Å². The van der Waals surface area contributed by atoms with Crippen molar-refractivity contribution in [1.29, 1.82) is 0 Å². The van der Waals surface area contributed by atoms with Crippen LogP contribution in [0.4, 0.5) is 0 Å². The third-order valence-electron chi connectivity index (χ3n) is 2.71. The third-order valence-corrected chi connectivity index (χ3v) is 2.71. The molecule has 70 valence electrons. The van der Waals surface area contributed by atoms with Crippen LogP contribution in [0.25, 0.3) is 0 Å². The van der Waals surface area contributed by atoms with Gasteiger partial charge in [0, 0.05) is 6.04 Å². The SMILES string of the molecule is Cc1ccc(C(NN)C2CC2)cc1. The number of nitrogens with one attached hydrogen (secondary N) is 1. The van der Waals surface area contributed by atoms with Crippen molar-refractivity contribution in [1.82, 2.24) is 5.43 Å². The second-order valence-corrected chi connectivity index (χ2v) is 3.89. The molecule has 1 aromatic rings. The van der Waals surface area contributed by atoms with E-state index in [0.717, 1.165) is 5.92 Å². The Morgan fingerprint density at radius 2 is 1.92 bits per heavy atom. The van der Waals surface area contributed by atoms with Crippen LogP contribution in [-0.4, -0.2) is 0 Å². The largest absolute Gasteiger partial charge is 0.271 e. The van der Waals surface area contributed by atoms with Gasteiger partial charge in [-0.3, -0.25) is 11.3 Å². The van der Waals surface area contributed by atoms with Gasteiger partial charge in [0.2, 0.25) is 0 Å². The Balaban J connectivity index is 2.17. The number of rotatable bonds is 3. The summed E-state index contributed by atoms with van der Waals surface area (Å²) in [5.41, 5.74) is 5.52. The Morgan fingerprint density at radius 1 is 1.31 bits per heavy atom. The fourth-order valence-corrected chi connectivity index (χ4v) is 1.71. The summed E-state index contributed by atoms with van der Waals surface area (Å²) in [6.45, 7) is 2.10. The summed E-state index contributed by atoms with van der Waals surface area (Å²) in [5, 5.41) is 0. The van der Waals surface area contributed by atoms with E-state index in [9.17, 15) is 0 Å². The van der Waals surface area contributed by atoms with Gasteiger partial charge in [0.25, 0.3) is 0 Å². The van der Waals surface area contributed by atoms with E-state index in [1.54, 1.807) is 0 Å². The smallest absolute Gasteiger partial charge is 0.0488 e. The minimum atomic E-state index is 0.362. The lowest BCUT2D eigenvalue weighted by Gasteiger charge is -2.15. The lowest BCUT2D eigenvalue weighted by molar-refractivity contribution is 0.496. The maximum atomic E-state index is 5.53. The molecular weight excluding hydrogens is 160 g/mol. The van der Waals surface area contributed by atoms with E-state index in [-0.39, 0.29) is 0 Å². The molecule has 0 aliphatic heterocycles. The molecule has 2 nitrogen and oxygen atoms in total. The molecular formula is C11H16N2. The first-order chi connectivity index (χ1) is 6.31. The Bertz CT molecular complexity index is 275. The molecule has 1 aliphatic rings. The number of hydrogen-bond acceptors (Lipinski definition) is 2. The van der Waals surface area contributed by atoms with Crippen LogP contribution in [0.5, 0.6) is 0 Å². The molecule has 1 aliphatic carbocycles. The predicted molar refractivity (Wildman–Crippen MR) is 54.0 cm³/mol. The summed E-state index contributed by atoms with van der Waals surface area (Å²) in [4.78, 5) is 0. The lowest BCUT2D eigenvalue weighted by Crippen LogP contribution is -2.29. The number of aryl methyl sites for hydroxylation is 1. The Hall–Kier alpha value is -0.860. The Labute approximate surface area is 79.1 Å². The first kappa shape index (κ1) is 8.73. The normalized spacial score (nSPS) is 18.6. The molecule has 2 rings (SSSR count). The van der Waals surface area contributed by atoms with Crippen molar-refractivity contribution >= 4 is 0 Å². The highest BCUT2D eigenvalue weighted by molar-refractivity contribution is 5.25. The van der Waals surface area contributed by atoms with E-state index < -0.39 is 0 Å². The summed E-state index contributed by atoms with van der Waals surface area (Å²) in [7, 11) is 0. The zero-order valence-electron chi connectivity index (χ0n) is 7.96. The van der Waals surface area contributed by atoms with Gasteiger partial charge >= 0.3 is 0 Å². The monoisotopic (exact) mass is 176 g/mol. The topological polar surface area (TPSA) is 38.0 Å². The lowest BCUT2D eigenvalue weighted by atomic mass is 10.0. The van der Waals surface area contributed by atoms with Crippen LogP contribution in [0.15, 0.2) is 24.3 Å². The zero-order chi connectivity index (χ0) is 9.26. The van der Waals surface area contributed by atoms with Gasteiger partial charge in [-0.05, 0) is 31.2 Å². The minimum Gasteiger partial charge on any atom is -0.271 e. The number of nitrogens with two attached hydrogens (primary N) is 1. The van der Waals surface area contributed by atoms with E-state index in [4.69, 9.17) is 5.84 Å². The van der Waals surface area contributed by atoms with Crippen molar-refractivity contribution in [3.8, 4) is 0 Å². The molecule has 1 aromatic carbocycles. The molecule has 1 fully saturated rings. The van der Waals surface area contributed by atoms with E-state index in [2.05, 4.69) is 36.6 Å². The standard InChI is InChI=1S/C11H16N2/c1-8-2-4-9(5-3-8)11(13-12)10-6-7-10/h2-5,10-11,13H,6-7,12H2,1H3. The molecule has 0 bridgehead atoms. The number of benzene rings is 1. The average molecular weight is 176 g/mol. The predicted octanol–water partition coefficient (Wildman–Crippen LogP) is 1.91. The maximum absolute atomic E-state index is 5.53. The van der Waals surface area contributed by atoms with Gasteiger partial charge in [-0.1, -0.05) is 29.8 Å². The van der Waals surface area contributed by atoms with E-state index in [1.807, 2.05) is 0 Å². The van der Waals surface area contributed by atoms with Gasteiger partial charge < -0.3 is 0 Å². The highest BCUT2D eigenvalue weighted by Gasteiger charge is 2.31. The van der Waals surface area contributed by atoms with Crippen molar-refractivity contribution in [2.75, 3.05) is 0 Å². The molecule has 3 N–H and O–H groups in total. The van der Waals surface area contributed by atoms with Crippen LogP contribution in [0.3, 0.4) is 0 Å². The minimum absolute atomic E-state index is 0.362. The van der Waals surface area contributed by atoms with Gasteiger partial charge in [0.15, 0.2) is 0 Å². The summed E-state index contributed by atoms with van der Waals surface area (Å²) in [6, 6.07) is 8.97. The molecule has 0 saturated heterocycles. The molecule has 0 heterocycles. The maximum Gasteiger partial charge on any atom is 0.0488 e. The van der Waals surface area contributed by atoms with Crippen LogP contribution in [0, 0.1) is 12.8 Å². The van der Waals surface area contributed by atoms with Crippen molar-refractivity contribution in [3.63, 3.8) is 0 Å². The van der Waals surface area contributed by atoms with Gasteiger partial charge in [-0.25, -0.2) is 0 Å². The van der Waals surface area contributed by atoms with Crippen LogP contribution >= 0.6 is 0 Å². The van der Waals surface area contributed by atoms with E-state index >= 15 is 0 Å². The molecule has 0 amide bonds. The van der Waals surface area contributed by atoms with E-state index in [0.29, 0.717) is 6.04 Å². The summed E-state index contributed by atoms with van der Waals surface area (Å²) < 4.78 is 0. The zero-order valence-corrected chi connectivity index (χ0v) is 7.96. The van der Waals surface area contributed by atoms with Gasteiger partial charge in [-0.2, -0.15) is 0 Å². The molecule has 0 aromatic heterocycles. The Kier molecular flexibility index (Phi) is 2.34. The van der Waals surface area contributed by atoms with Gasteiger partial charge in [0.05, 0.1) is 0 Å². The highest BCUT2D eigenvalue weighted by atomic mass is 15.2. The highest BCUT2D eigenvalue weighted by Crippen LogP contribution is 2.40. The van der Waals surface area contributed by atoms with Crippen molar-refractivity contribution in [2.45, 2.75) is 25.8 Å². The molecule has 1 unspecified atom stereocenters.